The number of carbonyl (C=O) groups excluding carboxylic acids is 1. The van der Waals surface area contributed by atoms with Crippen LogP contribution in [-0.4, -0.2) is 20.4 Å². The highest BCUT2D eigenvalue weighted by molar-refractivity contribution is 6.30. The highest BCUT2D eigenvalue weighted by atomic mass is 35.5. The van der Waals surface area contributed by atoms with Crippen LogP contribution >= 0.6 is 11.6 Å². The van der Waals surface area contributed by atoms with Gasteiger partial charge in [0.2, 0.25) is 5.91 Å². The molecule has 0 fully saturated rings. The summed E-state index contributed by atoms with van der Waals surface area (Å²) in [5.74, 6) is 0.493. The van der Waals surface area contributed by atoms with Gasteiger partial charge in [0, 0.05) is 18.0 Å². The Morgan fingerprint density at radius 2 is 1.62 bits per heavy atom. The lowest BCUT2D eigenvalue weighted by molar-refractivity contribution is -0.142. The van der Waals surface area contributed by atoms with Gasteiger partial charge in [-0.15, -0.1) is 0 Å². The second-order valence-corrected chi connectivity index (χ2v) is 9.59. The fourth-order valence-electron chi connectivity index (χ4n) is 4.88. The van der Waals surface area contributed by atoms with Gasteiger partial charge in [0.05, 0.1) is 16.9 Å². The third-order valence-electron chi connectivity index (χ3n) is 6.47. The Morgan fingerprint density at radius 3 is 2.35 bits per heavy atom. The average molecular weight is 472 g/mol. The zero-order chi connectivity index (χ0) is 23.8. The molecule has 0 saturated carbocycles. The number of nitrogens with zero attached hydrogens (tertiary/aromatic N) is 3. The Hall–Kier alpha value is -3.44. The number of rotatable bonds is 5. The van der Waals surface area contributed by atoms with Crippen molar-refractivity contribution in [1.29, 1.82) is 0 Å². The fourth-order valence-corrected chi connectivity index (χ4v) is 5.09. The van der Waals surface area contributed by atoms with Gasteiger partial charge in [-0.25, -0.2) is 4.98 Å². The SMILES string of the molecule is CC(C)[C@H]1C(=O)N(Cc2ccccc2)[C@@H](Cc2cccc(Cl)c2)c2nc3ccccc3c(=O)n21. The Labute approximate surface area is 203 Å². The molecule has 0 saturated heterocycles. The molecule has 1 aromatic heterocycles. The van der Waals surface area contributed by atoms with Crippen LogP contribution in [0.5, 0.6) is 0 Å². The minimum atomic E-state index is -0.612. The van der Waals surface area contributed by atoms with Crippen molar-refractivity contribution in [3.8, 4) is 0 Å². The van der Waals surface area contributed by atoms with E-state index in [-0.39, 0.29) is 17.4 Å². The molecule has 3 aromatic carbocycles. The first-order valence-corrected chi connectivity index (χ1v) is 11.9. The first-order valence-electron chi connectivity index (χ1n) is 11.5. The summed E-state index contributed by atoms with van der Waals surface area (Å²) < 4.78 is 1.64. The van der Waals surface area contributed by atoms with Gasteiger partial charge in [-0.05, 0) is 41.3 Å². The maximum atomic E-state index is 14.0. The van der Waals surface area contributed by atoms with E-state index in [1.54, 1.807) is 10.6 Å². The van der Waals surface area contributed by atoms with Crippen LogP contribution in [0.15, 0.2) is 83.7 Å². The summed E-state index contributed by atoms with van der Waals surface area (Å²) in [6.07, 6.45) is 0.509. The smallest absolute Gasteiger partial charge is 0.262 e. The Bertz CT molecular complexity index is 1410. The van der Waals surface area contributed by atoms with Crippen molar-refractivity contribution in [2.75, 3.05) is 0 Å². The van der Waals surface area contributed by atoms with Crippen LogP contribution in [0.2, 0.25) is 5.02 Å². The molecule has 0 N–H and O–H groups in total. The number of para-hydroxylation sites is 1. The molecule has 5 rings (SSSR count). The maximum Gasteiger partial charge on any atom is 0.262 e. The highest BCUT2D eigenvalue weighted by Gasteiger charge is 2.42. The summed E-state index contributed by atoms with van der Waals surface area (Å²) in [6, 6.07) is 23.9. The largest absolute Gasteiger partial charge is 0.326 e. The van der Waals surface area contributed by atoms with E-state index in [1.807, 2.05) is 91.5 Å². The predicted molar refractivity (Wildman–Crippen MR) is 135 cm³/mol. The molecule has 1 aliphatic rings. The molecule has 0 spiro atoms. The number of hydrogen-bond donors (Lipinski definition) is 0. The zero-order valence-electron chi connectivity index (χ0n) is 19.2. The lowest BCUT2D eigenvalue weighted by Crippen LogP contribution is -2.51. The molecular weight excluding hydrogens is 446 g/mol. The molecule has 4 aromatic rings. The van der Waals surface area contributed by atoms with E-state index in [9.17, 15) is 9.59 Å². The number of fused-ring (bicyclic) bond motifs is 2. The van der Waals surface area contributed by atoms with Gasteiger partial charge in [-0.1, -0.05) is 80.0 Å². The number of benzene rings is 3. The predicted octanol–water partition coefficient (Wildman–Crippen LogP) is 5.57. The van der Waals surface area contributed by atoms with Crippen LogP contribution in [0.3, 0.4) is 0 Å². The number of hydrogen-bond acceptors (Lipinski definition) is 3. The lowest BCUT2D eigenvalue weighted by Gasteiger charge is -2.42. The lowest BCUT2D eigenvalue weighted by atomic mass is 9.93. The van der Waals surface area contributed by atoms with Gasteiger partial charge in [0.25, 0.3) is 5.56 Å². The number of aromatic nitrogens is 2. The second kappa shape index (κ2) is 9.07. The van der Waals surface area contributed by atoms with Crippen molar-refractivity contribution in [1.82, 2.24) is 14.5 Å². The van der Waals surface area contributed by atoms with Gasteiger partial charge in [-0.2, -0.15) is 0 Å². The molecule has 0 aliphatic carbocycles. The first kappa shape index (κ1) is 22.4. The van der Waals surface area contributed by atoms with Crippen LogP contribution in [0.25, 0.3) is 10.9 Å². The van der Waals surface area contributed by atoms with Crippen LogP contribution < -0.4 is 5.56 Å². The molecule has 0 bridgehead atoms. The quantitative estimate of drug-likeness (QED) is 0.382. The number of amides is 1. The topological polar surface area (TPSA) is 55.2 Å². The molecule has 34 heavy (non-hydrogen) atoms. The van der Waals surface area contributed by atoms with Crippen LogP contribution in [0, 0.1) is 5.92 Å². The fraction of sp³-hybridized carbons (Fsp3) is 0.250. The third kappa shape index (κ3) is 4.01. The average Bonchev–Trinajstić information content (AvgIpc) is 2.83. The van der Waals surface area contributed by atoms with Gasteiger partial charge in [-0.3, -0.25) is 14.2 Å². The minimum absolute atomic E-state index is 0.0578. The van der Waals surface area contributed by atoms with Crippen molar-refractivity contribution in [2.45, 2.75) is 38.9 Å². The normalized spacial score (nSPS) is 17.9. The van der Waals surface area contributed by atoms with E-state index in [2.05, 4.69) is 0 Å². The first-order chi connectivity index (χ1) is 16.4. The summed E-state index contributed by atoms with van der Waals surface area (Å²) in [7, 11) is 0. The Morgan fingerprint density at radius 1 is 0.912 bits per heavy atom. The maximum absolute atomic E-state index is 14.0. The van der Waals surface area contributed by atoms with Crippen LogP contribution in [0.4, 0.5) is 0 Å². The molecule has 1 aliphatic heterocycles. The molecule has 172 valence electrons. The molecule has 0 radical (unpaired) electrons. The molecule has 5 nitrogen and oxygen atoms in total. The zero-order valence-corrected chi connectivity index (χ0v) is 19.9. The van der Waals surface area contributed by atoms with Crippen molar-refractivity contribution in [3.63, 3.8) is 0 Å². The highest BCUT2D eigenvalue weighted by Crippen LogP contribution is 2.37. The van der Waals surface area contributed by atoms with Gasteiger partial charge in [0.1, 0.15) is 11.9 Å². The van der Waals surface area contributed by atoms with Crippen molar-refractivity contribution in [2.24, 2.45) is 5.92 Å². The molecular formula is C28H26ClN3O2. The molecule has 2 atom stereocenters. The van der Waals surface area contributed by atoms with Gasteiger partial charge < -0.3 is 4.90 Å². The van der Waals surface area contributed by atoms with E-state index in [0.717, 1.165) is 11.1 Å². The Kier molecular flexibility index (Phi) is 5.96. The van der Waals surface area contributed by atoms with Gasteiger partial charge >= 0.3 is 0 Å². The number of halogens is 1. The van der Waals surface area contributed by atoms with E-state index in [0.29, 0.717) is 34.7 Å². The van der Waals surface area contributed by atoms with E-state index >= 15 is 0 Å². The van der Waals surface area contributed by atoms with Crippen molar-refractivity contribution in [3.05, 3.63) is 111 Å². The monoisotopic (exact) mass is 471 g/mol. The number of carbonyl (C=O) groups is 1. The van der Waals surface area contributed by atoms with E-state index in [4.69, 9.17) is 16.6 Å². The molecule has 2 heterocycles. The molecule has 1 amide bonds. The molecule has 6 heteroatoms. The van der Waals surface area contributed by atoms with E-state index in [1.165, 1.54) is 0 Å². The standard InChI is InChI=1S/C28H26ClN3O2/c1-18(2)25-28(34)31(17-19-9-4-3-5-10-19)24(16-20-11-8-12-21(29)15-20)26-30-23-14-7-6-13-22(23)27(33)32(25)26/h3-15,18,24-25H,16-17H2,1-2H3/t24-,25-/m0/s1. The summed E-state index contributed by atoms with van der Waals surface area (Å²) in [6.45, 7) is 4.40. The van der Waals surface area contributed by atoms with Crippen LogP contribution in [-0.2, 0) is 17.8 Å². The summed E-state index contributed by atoms with van der Waals surface area (Å²) in [5.41, 5.74) is 2.50. The summed E-state index contributed by atoms with van der Waals surface area (Å²) in [5, 5.41) is 1.17. The van der Waals surface area contributed by atoms with Crippen molar-refractivity contribution >= 4 is 28.4 Å². The van der Waals surface area contributed by atoms with Crippen LogP contribution in [0.1, 0.15) is 42.9 Å². The van der Waals surface area contributed by atoms with E-state index < -0.39 is 12.1 Å². The van der Waals surface area contributed by atoms with Gasteiger partial charge in [0.15, 0.2) is 0 Å². The summed E-state index contributed by atoms with van der Waals surface area (Å²) in [4.78, 5) is 34.5. The second-order valence-electron chi connectivity index (χ2n) is 9.15. The minimum Gasteiger partial charge on any atom is -0.326 e. The third-order valence-corrected chi connectivity index (χ3v) is 6.70. The Balaban J connectivity index is 1.73. The summed E-state index contributed by atoms with van der Waals surface area (Å²) >= 11 is 6.27. The van der Waals surface area contributed by atoms with Crippen molar-refractivity contribution < 1.29 is 4.79 Å². The molecule has 0 unspecified atom stereocenters.